The molecule has 0 amide bonds. The largest absolute Gasteiger partial charge is 0.462 e. The van der Waals surface area contributed by atoms with Gasteiger partial charge in [-0.05, 0) is 25.2 Å². The molecule has 0 saturated heterocycles. The lowest BCUT2D eigenvalue weighted by Gasteiger charge is -2.18. The molecule has 0 fully saturated rings. The van der Waals surface area contributed by atoms with Crippen LogP contribution in [0.1, 0.15) is 342 Å². The molecule has 6 heteroatoms. The molecule has 0 aromatic rings. The Balaban J connectivity index is 4.28. The summed E-state index contributed by atoms with van der Waals surface area (Å²) in [4.78, 5) is 38.2. The van der Waals surface area contributed by atoms with Crippen LogP contribution in [0, 0.1) is 5.92 Å². The molecule has 0 aliphatic heterocycles. The second kappa shape index (κ2) is 54.4. The summed E-state index contributed by atoms with van der Waals surface area (Å²) in [5.74, 6) is 0.0121. The van der Waals surface area contributed by atoms with Gasteiger partial charge in [0.05, 0.1) is 0 Å². The Morgan fingerprint density at radius 3 is 0.742 bits per heavy atom. The highest BCUT2D eigenvalue weighted by Gasteiger charge is 2.19. The maximum atomic E-state index is 12.9. The van der Waals surface area contributed by atoms with E-state index in [-0.39, 0.29) is 31.1 Å². The summed E-state index contributed by atoms with van der Waals surface area (Å²) in [7, 11) is 0. The molecule has 0 aliphatic carbocycles. The minimum absolute atomic E-state index is 0.0616. The van der Waals surface area contributed by atoms with Crippen molar-refractivity contribution in [3.8, 4) is 0 Å². The number of hydrogen-bond acceptors (Lipinski definition) is 6. The van der Waals surface area contributed by atoms with Gasteiger partial charge >= 0.3 is 17.9 Å². The number of rotatable bonds is 55. The Morgan fingerprint density at radius 2 is 0.500 bits per heavy atom. The Hall–Kier alpha value is -1.59. The Kier molecular flexibility index (Phi) is 53.0. The van der Waals surface area contributed by atoms with Gasteiger partial charge in [0, 0.05) is 19.3 Å². The van der Waals surface area contributed by atoms with Crippen LogP contribution in [0.4, 0.5) is 0 Å². The van der Waals surface area contributed by atoms with E-state index in [1.54, 1.807) is 0 Å². The van der Waals surface area contributed by atoms with Crippen LogP contribution in [-0.4, -0.2) is 37.2 Å². The molecule has 0 aromatic heterocycles. The lowest BCUT2D eigenvalue weighted by Crippen LogP contribution is -2.30. The number of hydrogen-bond donors (Lipinski definition) is 0. The quantitative estimate of drug-likeness (QED) is 0.0343. The van der Waals surface area contributed by atoms with Gasteiger partial charge in [0.25, 0.3) is 0 Å². The van der Waals surface area contributed by atoms with Crippen LogP contribution >= 0.6 is 0 Å². The fourth-order valence-electron chi connectivity index (χ4n) is 9.28. The Morgan fingerprint density at radius 1 is 0.288 bits per heavy atom. The fraction of sp³-hybridized carbons (Fsp3) is 0.950. The fourth-order valence-corrected chi connectivity index (χ4v) is 9.28. The number of esters is 3. The zero-order valence-corrected chi connectivity index (χ0v) is 45.2. The third-order valence-electron chi connectivity index (χ3n) is 13.8. The average molecular weight is 934 g/mol. The van der Waals surface area contributed by atoms with Crippen LogP contribution in [0.2, 0.25) is 0 Å². The zero-order chi connectivity index (χ0) is 48.1. The van der Waals surface area contributed by atoms with Crippen LogP contribution in [-0.2, 0) is 28.6 Å². The summed E-state index contributed by atoms with van der Waals surface area (Å²) in [6.45, 7) is 9.07. The van der Waals surface area contributed by atoms with Gasteiger partial charge in [-0.3, -0.25) is 14.4 Å². The predicted octanol–water partition coefficient (Wildman–Crippen LogP) is 19.8. The molecule has 0 radical (unpaired) electrons. The van der Waals surface area contributed by atoms with Crippen LogP contribution < -0.4 is 0 Å². The van der Waals surface area contributed by atoms with Gasteiger partial charge < -0.3 is 14.2 Å². The van der Waals surface area contributed by atoms with Gasteiger partial charge in [0.1, 0.15) is 13.2 Å². The molecule has 0 aliphatic rings. The van der Waals surface area contributed by atoms with Crippen molar-refractivity contribution in [1.82, 2.24) is 0 Å². The molecule has 392 valence electrons. The van der Waals surface area contributed by atoms with E-state index in [9.17, 15) is 14.4 Å². The summed E-state index contributed by atoms with van der Waals surface area (Å²) in [6, 6.07) is 0. The molecular weight excluding hydrogens is 817 g/mol. The number of carbonyl (C=O) groups is 3. The van der Waals surface area contributed by atoms with Crippen LogP contribution in [0.25, 0.3) is 0 Å². The van der Waals surface area contributed by atoms with E-state index in [0.717, 1.165) is 63.7 Å². The van der Waals surface area contributed by atoms with Gasteiger partial charge in [-0.15, -0.1) is 0 Å². The first-order valence-electron chi connectivity index (χ1n) is 29.9. The van der Waals surface area contributed by atoms with E-state index < -0.39 is 6.10 Å². The summed E-state index contributed by atoms with van der Waals surface area (Å²) in [6.07, 6.45) is 59.5. The van der Waals surface area contributed by atoms with Gasteiger partial charge in [0.2, 0.25) is 0 Å². The van der Waals surface area contributed by atoms with Gasteiger partial charge in [-0.2, -0.15) is 0 Å². The molecule has 0 aromatic carbocycles. The molecule has 0 rings (SSSR count). The first-order chi connectivity index (χ1) is 32.4. The van der Waals surface area contributed by atoms with E-state index in [1.165, 1.54) is 238 Å². The van der Waals surface area contributed by atoms with Gasteiger partial charge in [0.15, 0.2) is 6.10 Å². The highest BCUT2D eigenvalue weighted by atomic mass is 16.6. The summed E-state index contributed by atoms with van der Waals surface area (Å²) < 4.78 is 16.9. The minimum atomic E-state index is -0.762. The minimum Gasteiger partial charge on any atom is -0.462 e. The Labute approximate surface area is 412 Å². The van der Waals surface area contributed by atoms with Crippen molar-refractivity contribution >= 4 is 17.9 Å². The van der Waals surface area contributed by atoms with Crippen molar-refractivity contribution < 1.29 is 28.6 Å². The van der Waals surface area contributed by atoms with E-state index in [2.05, 4.69) is 27.7 Å². The van der Waals surface area contributed by atoms with E-state index in [0.29, 0.717) is 19.3 Å². The van der Waals surface area contributed by atoms with E-state index in [4.69, 9.17) is 14.2 Å². The normalized spacial score (nSPS) is 12.0. The molecule has 6 nitrogen and oxygen atoms in total. The highest BCUT2D eigenvalue weighted by molar-refractivity contribution is 5.71. The van der Waals surface area contributed by atoms with Crippen molar-refractivity contribution in [3.63, 3.8) is 0 Å². The lowest BCUT2D eigenvalue weighted by atomic mass is 10.0. The van der Waals surface area contributed by atoms with Crippen molar-refractivity contribution in [2.24, 2.45) is 5.92 Å². The summed E-state index contributed by atoms with van der Waals surface area (Å²) in [5, 5.41) is 0. The molecule has 0 spiro atoms. The second-order valence-corrected chi connectivity index (χ2v) is 21.1. The molecule has 0 unspecified atom stereocenters. The van der Waals surface area contributed by atoms with Crippen molar-refractivity contribution in [1.29, 1.82) is 0 Å². The topological polar surface area (TPSA) is 78.9 Å². The van der Waals surface area contributed by atoms with Crippen molar-refractivity contribution in [3.05, 3.63) is 0 Å². The molecule has 0 saturated carbocycles. The maximum absolute atomic E-state index is 12.9. The first kappa shape index (κ1) is 64.4. The van der Waals surface area contributed by atoms with Crippen molar-refractivity contribution in [2.45, 2.75) is 348 Å². The number of unbranched alkanes of at least 4 members (excludes halogenated alkanes) is 42. The molecule has 0 N–H and O–H groups in total. The second-order valence-electron chi connectivity index (χ2n) is 21.1. The van der Waals surface area contributed by atoms with Crippen LogP contribution in [0.3, 0.4) is 0 Å². The van der Waals surface area contributed by atoms with Crippen LogP contribution in [0.15, 0.2) is 0 Å². The summed E-state index contributed by atoms with van der Waals surface area (Å²) >= 11 is 0. The maximum Gasteiger partial charge on any atom is 0.306 e. The van der Waals surface area contributed by atoms with Gasteiger partial charge in [-0.25, -0.2) is 0 Å². The highest BCUT2D eigenvalue weighted by Crippen LogP contribution is 2.18. The molecular formula is C60H116O6. The number of carbonyl (C=O) groups excluding carboxylic acids is 3. The third-order valence-corrected chi connectivity index (χ3v) is 13.8. The first-order valence-corrected chi connectivity index (χ1v) is 29.9. The number of ether oxygens (including phenoxy) is 3. The lowest BCUT2D eigenvalue weighted by molar-refractivity contribution is -0.167. The summed E-state index contributed by atoms with van der Waals surface area (Å²) in [5.41, 5.74) is 0. The zero-order valence-electron chi connectivity index (χ0n) is 45.2. The Bertz CT molecular complexity index is 996. The van der Waals surface area contributed by atoms with E-state index in [1.807, 2.05) is 0 Å². The van der Waals surface area contributed by atoms with Crippen LogP contribution in [0.5, 0.6) is 0 Å². The van der Waals surface area contributed by atoms with Crippen molar-refractivity contribution in [2.75, 3.05) is 13.2 Å². The van der Waals surface area contributed by atoms with E-state index >= 15 is 0 Å². The standard InChI is InChI=1S/C60H116O6/c1-5-7-9-11-13-15-17-19-20-21-22-23-29-33-37-41-45-49-53-60(63)66-57(54-64-58(61)51-47-43-39-35-31-26-18-16-14-12-10-8-6-2)55-65-59(62)52-48-44-40-36-32-28-25-24-27-30-34-38-42-46-50-56(3)4/h56-57H,5-55H2,1-4H3/t57-/m0/s1. The van der Waals surface area contributed by atoms with Gasteiger partial charge in [-0.1, -0.05) is 304 Å². The monoisotopic (exact) mass is 933 g/mol. The smallest absolute Gasteiger partial charge is 0.306 e. The molecule has 0 bridgehead atoms. The molecule has 1 atom stereocenters. The third kappa shape index (κ3) is 53.4. The average Bonchev–Trinajstić information content (AvgIpc) is 3.30. The molecule has 0 heterocycles. The predicted molar refractivity (Wildman–Crippen MR) is 284 cm³/mol. The molecule has 66 heavy (non-hydrogen) atoms. The SMILES string of the molecule is CCCCCCCCCCCCCCCCCCCCC(=O)O[C@@H](COC(=O)CCCCCCCCCCCCCCC)COC(=O)CCCCCCCCCCCCCCCCC(C)C.